The molecule has 2 aromatic carbocycles. The second-order valence-corrected chi connectivity index (χ2v) is 5.44. The van der Waals surface area contributed by atoms with Gasteiger partial charge in [0.15, 0.2) is 17.6 Å². The zero-order chi connectivity index (χ0) is 14.7. The molecule has 0 aliphatic carbocycles. The van der Waals surface area contributed by atoms with Gasteiger partial charge in [0.1, 0.15) is 6.61 Å². The molecule has 0 spiro atoms. The summed E-state index contributed by atoms with van der Waals surface area (Å²) < 4.78 is 11.8. The van der Waals surface area contributed by atoms with Crippen LogP contribution in [0.5, 0.6) is 11.5 Å². The number of rotatable bonds is 4. The third-order valence-corrected chi connectivity index (χ3v) is 3.85. The van der Waals surface area contributed by atoms with Crippen LogP contribution >= 0.6 is 0 Å². The van der Waals surface area contributed by atoms with E-state index in [9.17, 15) is 0 Å². The maximum Gasteiger partial charge on any atom is 0.162 e. The largest absolute Gasteiger partial charge is 0.485 e. The maximum absolute atomic E-state index is 6.02. The van der Waals surface area contributed by atoms with E-state index in [2.05, 4.69) is 43.1 Å². The van der Waals surface area contributed by atoms with Crippen LogP contribution in [0, 0.1) is 0 Å². The third-order valence-electron chi connectivity index (χ3n) is 3.85. The number of fused-ring (bicyclic) bond motifs is 1. The molecular formula is C18H21NO2. The van der Waals surface area contributed by atoms with Crippen LogP contribution in [-0.2, 0) is 6.54 Å². The zero-order valence-electron chi connectivity index (χ0n) is 12.6. The maximum atomic E-state index is 6.02. The molecule has 0 radical (unpaired) electrons. The lowest BCUT2D eigenvalue weighted by atomic mass is 10.1. The summed E-state index contributed by atoms with van der Waals surface area (Å²) >= 11 is 0. The summed E-state index contributed by atoms with van der Waals surface area (Å²) in [5.41, 5.74) is 2.48. The standard InChI is InChI=1S/C18H21NO2/c1-3-19(2)12-14-8-10-15(11-9-14)18-13-20-16-6-4-5-7-17(16)21-18/h4-11,18H,3,12-13H2,1-2H3/t18-/m1/s1. The van der Waals surface area contributed by atoms with Gasteiger partial charge in [-0.15, -0.1) is 0 Å². The monoisotopic (exact) mass is 283 g/mol. The quantitative estimate of drug-likeness (QED) is 0.855. The molecule has 0 amide bonds. The summed E-state index contributed by atoms with van der Waals surface area (Å²) in [6.45, 7) is 4.75. The molecule has 0 aromatic heterocycles. The van der Waals surface area contributed by atoms with Gasteiger partial charge in [0.05, 0.1) is 0 Å². The Morgan fingerprint density at radius 2 is 1.76 bits per heavy atom. The molecule has 0 bridgehead atoms. The first kappa shape index (κ1) is 14.0. The molecule has 1 aliphatic rings. The van der Waals surface area contributed by atoms with Gasteiger partial charge in [0.2, 0.25) is 0 Å². The number of hydrogen-bond donors (Lipinski definition) is 0. The van der Waals surface area contributed by atoms with E-state index in [4.69, 9.17) is 9.47 Å². The number of para-hydroxylation sites is 2. The van der Waals surface area contributed by atoms with Crippen LogP contribution in [0.15, 0.2) is 48.5 Å². The Balaban J connectivity index is 1.71. The minimum atomic E-state index is -0.0298. The SMILES string of the molecule is CCN(C)Cc1ccc([C@H]2COc3ccccc3O2)cc1. The molecule has 2 aromatic rings. The molecule has 1 aliphatic heterocycles. The topological polar surface area (TPSA) is 21.7 Å². The van der Waals surface area contributed by atoms with Crippen molar-refractivity contribution in [3.63, 3.8) is 0 Å². The minimum absolute atomic E-state index is 0.0298. The van der Waals surface area contributed by atoms with Gasteiger partial charge in [-0.3, -0.25) is 0 Å². The van der Waals surface area contributed by atoms with Crippen molar-refractivity contribution in [2.45, 2.75) is 19.6 Å². The van der Waals surface area contributed by atoms with Crippen LogP contribution in [0.3, 0.4) is 0 Å². The Morgan fingerprint density at radius 1 is 1.05 bits per heavy atom. The highest BCUT2D eigenvalue weighted by Gasteiger charge is 2.21. The second kappa shape index (κ2) is 6.19. The van der Waals surface area contributed by atoms with Crippen molar-refractivity contribution in [3.8, 4) is 11.5 Å². The number of nitrogens with zero attached hydrogens (tertiary/aromatic N) is 1. The number of benzene rings is 2. The minimum Gasteiger partial charge on any atom is -0.485 e. The van der Waals surface area contributed by atoms with Gasteiger partial charge in [-0.05, 0) is 36.9 Å². The van der Waals surface area contributed by atoms with Gasteiger partial charge < -0.3 is 14.4 Å². The Morgan fingerprint density at radius 3 is 2.48 bits per heavy atom. The molecule has 1 heterocycles. The van der Waals surface area contributed by atoms with Crippen LogP contribution in [0.4, 0.5) is 0 Å². The molecule has 3 heteroatoms. The highest BCUT2D eigenvalue weighted by Crippen LogP contribution is 2.35. The lowest BCUT2D eigenvalue weighted by molar-refractivity contribution is 0.0913. The Kier molecular flexibility index (Phi) is 4.11. The van der Waals surface area contributed by atoms with Gasteiger partial charge in [-0.1, -0.05) is 43.3 Å². The average molecular weight is 283 g/mol. The number of hydrogen-bond acceptors (Lipinski definition) is 3. The van der Waals surface area contributed by atoms with E-state index in [1.54, 1.807) is 0 Å². The summed E-state index contributed by atoms with van der Waals surface area (Å²) in [5.74, 6) is 1.65. The fourth-order valence-electron chi connectivity index (χ4n) is 2.44. The highest BCUT2D eigenvalue weighted by atomic mass is 16.6. The fourth-order valence-corrected chi connectivity index (χ4v) is 2.44. The zero-order valence-corrected chi connectivity index (χ0v) is 12.6. The average Bonchev–Trinajstić information content (AvgIpc) is 2.55. The third kappa shape index (κ3) is 3.19. The molecule has 0 fully saturated rings. The van der Waals surface area contributed by atoms with Crippen LogP contribution < -0.4 is 9.47 Å². The molecule has 1 atom stereocenters. The van der Waals surface area contributed by atoms with Crippen molar-refractivity contribution in [1.82, 2.24) is 4.90 Å². The highest BCUT2D eigenvalue weighted by molar-refractivity contribution is 5.41. The first-order valence-electron chi connectivity index (χ1n) is 7.42. The Labute approximate surface area is 126 Å². The molecule has 110 valence electrons. The van der Waals surface area contributed by atoms with Gasteiger partial charge >= 0.3 is 0 Å². The smallest absolute Gasteiger partial charge is 0.162 e. The van der Waals surface area contributed by atoms with Crippen molar-refractivity contribution in [2.24, 2.45) is 0 Å². The summed E-state index contributed by atoms with van der Waals surface area (Å²) in [4.78, 5) is 2.28. The molecule has 0 saturated carbocycles. The predicted octanol–water partition coefficient (Wildman–Crippen LogP) is 3.65. The Hall–Kier alpha value is -2.00. The van der Waals surface area contributed by atoms with E-state index in [1.807, 2.05) is 24.3 Å². The van der Waals surface area contributed by atoms with Crippen LogP contribution in [0.25, 0.3) is 0 Å². The summed E-state index contributed by atoms with van der Waals surface area (Å²) in [6, 6.07) is 16.4. The van der Waals surface area contributed by atoms with Crippen LogP contribution in [-0.4, -0.2) is 25.1 Å². The molecule has 3 rings (SSSR count). The molecule has 0 saturated heterocycles. The summed E-state index contributed by atoms with van der Waals surface area (Å²) in [7, 11) is 2.13. The van der Waals surface area contributed by atoms with E-state index in [0.717, 1.165) is 30.2 Å². The van der Waals surface area contributed by atoms with Crippen LogP contribution in [0.2, 0.25) is 0 Å². The summed E-state index contributed by atoms with van der Waals surface area (Å²) in [5, 5.41) is 0. The molecular weight excluding hydrogens is 262 g/mol. The summed E-state index contributed by atoms with van der Waals surface area (Å²) in [6.07, 6.45) is -0.0298. The van der Waals surface area contributed by atoms with E-state index < -0.39 is 0 Å². The van der Waals surface area contributed by atoms with Gasteiger partial charge in [0.25, 0.3) is 0 Å². The van der Waals surface area contributed by atoms with E-state index in [-0.39, 0.29) is 6.10 Å². The predicted molar refractivity (Wildman–Crippen MR) is 83.8 cm³/mol. The van der Waals surface area contributed by atoms with Crippen molar-refractivity contribution < 1.29 is 9.47 Å². The second-order valence-electron chi connectivity index (χ2n) is 5.44. The van der Waals surface area contributed by atoms with Gasteiger partial charge in [-0.2, -0.15) is 0 Å². The lowest BCUT2D eigenvalue weighted by Gasteiger charge is -2.26. The Bertz CT molecular complexity index is 594. The van der Waals surface area contributed by atoms with E-state index in [0.29, 0.717) is 6.61 Å². The van der Waals surface area contributed by atoms with Crippen molar-refractivity contribution in [2.75, 3.05) is 20.2 Å². The first-order valence-corrected chi connectivity index (χ1v) is 7.42. The van der Waals surface area contributed by atoms with Crippen molar-refractivity contribution in [1.29, 1.82) is 0 Å². The molecule has 3 nitrogen and oxygen atoms in total. The normalized spacial score (nSPS) is 17.0. The fraction of sp³-hybridized carbons (Fsp3) is 0.333. The number of ether oxygens (including phenoxy) is 2. The molecule has 0 unspecified atom stereocenters. The van der Waals surface area contributed by atoms with E-state index in [1.165, 1.54) is 5.56 Å². The molecule has 21 heavy (non-hydrogen) atoms. The van der Waals surface area contributed by atoms with Crippen LogP contribution in [0.1, 0.15) is 24.2 Å². The van der Waals surface area contributed by atoms with Crippen molar-refractivity contribution >= 4 is 0 Å². The first-order chi connectivity index (χ1) is 10.3. The lowest BCUT2D eigenvalue weighted by Crippen LogP contribution is -2.21. The van der Waals surface area contributed by atoms with Gasteiger partial charge in [0, 0.05) is 6.54 Å². The van der Waals surface area contributed by atoms with Crippen molar-refractivity contribution in [3.05, 3.63) is 59.7 Å². The van der Waals surface area contributed by atoms with E-state index >= 15 is 0 Å². The van der Waals surface area contributed by atoms with Gasteiger partial charge in [-0.25, -0.2) is 0 Å². The molecule has 0 N–H and O–H groups in total.